The molecule has 3 nitrogen and oxygen atoms in total. The Morgan fingerprint density at radius 3 is 2.57 bits per heavy atom. The number of fused-ring (bicyclic) bond motifs is 5. The van der Waals surface area contributed by atoms with Crippen LogP contribution in [0.25, 0.3) is 0 Å². The molecular formula is C27H45NO2. The van der Waals surface area contributed by atoms with Crippen molar-refractivity contribution in [2.75, 3.05) is 14.1 Å². The number of hydrogen-bond donors (Lipinski definition) is 1. The summed E-state index contributed by atoms with van der Waals surface area (Å²) in [5.74, 6) is 4.14. The van der Waals surface area contributed by atoms with Crippen molar-refractivity contribution in [3.63, 3.8) is 0 Å². The maximum absolute atomic E-state index is 12.1. The fourth-order valence-electron chi connectivity index (χ4n) is 8.56. The number of hydrogen-bond acceptors (Lipinski definition) is 2. The minimum absolute atomic E-state index is 0.274. The summed E-state index contributed by atoms with van der Waals surface area (Å²) in [4.78, 5) is 13.9. The monoisotopic (exact) mass is 415 g/mol. The van der Waals surface area contributed by atoms with Gasteiger partial charge in [0, 0.05) is 20.5 Å². The maximum Gasteiger partial charge on any atom is 0.222 e. The molecule has 1 N–H and O–H groups in total. The fraction of sp³-hybridized carbons (Fsp3) is 0.889. The first kappa shape index (κ1) is 22.4. The van der Waals surface area contributed by atoms with Crippen LogP contribution in [-0.4, -0.2) is 35.6 Å². The Morgan fingerprint density at radius 2 is 1.87 bits per heavy atom. The molecule has 4 aliphatic rings. The number of allylic oxidation sites excluding steroid dienone is 1. The van der Waals surface area contributed by atoms with E-state index in [1.807, 2.05) is 21.0 Å². The van der Waals surface area contributed by atoms with Gasteiger partial charge in [-0.1, -0.05) is 32.4 Å². The van der Waals surface area contributed by atoms with Gasteiger partial charge < -0.3 is 10.0 Å². The van der Waals surface area contributed by atoms with Gasteiger partial charge in [-0.05, 0) is 105 Å². The van der Waals surface area contributed by atoms with Crippen LogP contribution in [0.4, 0.5) is 0 Å². The topological polar surface area (TPSA) is 40.5 Å². The number of aliphatic hydroxyl groups is 1. The van der Waals surface area contributed by atoms with E-state index < -0.39 is 5.60 Å². The van der Waals surface area contributed by atoms with Gasteiger partial charge in [-0.15, -0.1) is 0 Å². The summed E-state index contributed by atoms with van der Waals surface area (Å²) >= 11 is 0. The molecule has 0 spiro atoms. The predicted molar refractivity (Wildman–Crippen MR) is 123 cm³/mol. The lowest BCUT2D eigenvalue weighted by Crippen LogP contribution is -2.52. The third-order valence-corrected chi connectivity index (χ3v) is 10.5. The molecule has 0 aromatic heterocycles. The molecule has 0 radical (unpaired) electrons. The second kappa shape index (κ2) is 7.64. The molecule has 0 bridgehead atoms. The standard InChI is InChI=1S/C27H45NO2/c1-18(7-12-24(29)28(5)6)21-10-11-22-20-9-8-19-17-25(2,30)15-16-26(19,3)23(20)13-14-27(21,22)4/h8,18,20-23,30H,7,9-17H2,1-6H3/t18-,20+,21-,22+,23+,25-,26+,27-/m1/s1. The zero-order valence-electron chi connectivity index (χ0n) is 20.3. The molecule has 0 aliphatic heterocycles. The zero-order valence-corrected chi connectivity index (χ0v) is 20.3. The van der Waals surface area contributed by atoms with E-state index >= 15 is 0 Å². The minimum Gasteiger partial charge on any atom is -0.390 e. The molecule has 30 heavy (non-hydrogen) atoms. The van der Waals surface area contributed by atoms with E-state index in [1.165, 1.54) is 32.1 Å². The largest absolute Gasteiger partial charge is 0.390 e. The number of carbonyl (C=O) groups is 1. The summed E-state index contributed by atoms with van der Waals surface area (Å²) in [5, 5.41) is 10.7. The third kappa shape index (κ3) is 3.57. The van der Waals surface area contributed by atoms with Crippen LogP contribution in [0.1, 0.15) is 91.9 Å². The van der Waals surface area contributed by atoms with Crippen molar-refractivity contribution in [2.24, 2.45) is 40.4 Å². The molecule has 1 amide bonds. The van der Waals surface area contributed by atoms with Crippen LogP contribution in [-0.2, 0) is 4.79 Å². The van der Waals surface area contributed by atoms with Gasteiger partial charge in [-0.25, -0.2) is 0 Å². The minimum atomic E-state index is -0.501. The lowest BCUT2D eigenvalue weighted by Gasteiger charge is -2.59. The van der Waals surface area contributed by atoms with E-state index in [1.54, 1.807) is 10.5 Å². The third-order valence-electron chi connectivity index (χ3n) is 10.5. The Kier molecular flexibility index (Phi) is 5.70. The van der Waals surface area contributed by atoms with Crippen LogP contribution >= 0.6 is 0 Å². The first-order valence-electron chi connectivity index (χ1n) is 12.6. The van der Waals surface area contributed by atoms with Gasteiger partial charge >= 0.3 is 0 Å². The van der Waals surface area contributed by atoms with Gasteiger partial charge in [0.1, 0.15) is 0 Å². The second-order valence-corrected chi connectivity index (χ2v) is 12.5. The van der Waals surface area contributed by atoms with Crippen molar-refractivity contribution in [1.29, 1.82) is 0 Å². The van der Waals surface area contributed by atoms with E-state index in [4.69, 9.17) is 0 Å². The summed E-state index contributed by atoms with van der Waals surface area (Å²) in [7, 11) is 3.74. The van der Waals surface area contributed by atoms with Crippen LogP contribution in [0.2, 0.25) is 0 Å². The van der Waals surface area contributed by atoms with Crippen molar-refractivity contribution in [2.45, 2.75) is 97.5 Å². The van der Waals surface area contributed by atoms with Gasteiger partial charge in [-0.3, -0.25) is 4.79 Å². The second-order valence-electron chi connectivity index (χ2n) is 12.5. The Bertz CT molecular complexity index is 710. The molecule has 0 heterocycles. The summed E-state index contributed by atoms with van der Waals surface area (Å²) in [6.45, 7) is 9.57. The molecule has 4 aliphatic carbocycles. The smallest absolute Gasteiger partial charge is 0.222 e. The molecule has 0 unspecified atom stereocenters. The number of amides is 1. The summed E-state index contributed by atoms with van der Waals surface area (Å²) in [6, 6.07) is 0. The molecule has 3 fully saturated rings. The van der Waals surface area contributed by atoms with E-state index in [2.05, 4.69) is 26.8 Å². The van der Waals surface area contributed by atoms with Crippen molar-refractivity contribution in [1.82, 2.24) is 4.90 Å². The Labute approximate surface area is 184 Å². The molecule has 170 valence electrons. The van der Waals surface area contributed by atoms with Crippen LogP contribution in [0.5, 0.6) is 0 Å². The highest BCUT2D eigenvalue weighted by atomic mass is 16.3. The molecule has 3 heteroatoms. The highest BCUT2D eigenvalue weighted by Gasteiger charge is 2.59. The number of nitrogens with zero attached hydrogens (tertiary/aromatic N) is 1. The molecule has 0 saturated heterocycles. The molecular weight excluding hydrogens is 370 g/mol. The van der Waals surface area contributed by atoms with Gasteiger partial charge in [0.2, 0.25) is 5.91 Å². The summed E-state index contributed by atoms with van der Waals surface area (Å²) < 4.78 is 0. The Hall–Kier alpha value is -0.830. The molecule has 0 aromatic rings. The fourth-order valence-corrected chi connectivity index (χ4v) is 8.56. The van der Waals surface area contributed by atoms with Crippen LogP contribution < -0.4 is 0 Å². The van der Waals surface area contributed by atoms with Gasteiger partial charge in [-0.2, -0.15) is 0 Å². The van der Waals surface area contributed by atoms with E-state index in [-0.39, 0.29) is 5.91 Å². The van der Waals surface area contributed by atoms with E-state index in [0.29, 0.717) is 23.2 Å². The number of rotatable bonds is 4. The highest BCUT2D eigenvalue weighted by Crippen LogP contribution is 2.67. The average molecular weight is 416 g/mol. The summed E-state index contributed by atoms with van der Waals surface area (Å²) in [5.41, 5.74) is 1.82. The first-order valence-corrected chi connectivity index (χ1v) is 12.6. The predicted octanol–water partition coefficient (Wildman–Crippen LogP) is 5.82. The van der Waals surface area contributed by atoms with Crippen molar-refractivity contribution >= 4 is 5.91 Å². The van der Waals surface area contributed by atoms with Gasteiger partial charge in [0.15, 0.2) is 0 Å². The van der Waals surface area contributed by atoms with Crippen molar-refractivity contribution in [3.05, 3.63) is 11.6 Å². The lowest BCUT2D eigenvalue weighted by molar-refractivity contribution is -0.129. The zero-order chi connectivity index (χ0) is 21.9. The van der Waals surface area contributed by atoms with E-state index in [0.717, 1.165) is 49.4 Å². The van der Waals surface area contributed by atoms with Crippen molar-refractivity contribution < 1.29 is 9.90 Å². The quantitative estimate of drug-likeness (QED) is 0.588. The van der Waals surface area contributed by atoms with Gasteiger partial charge in [0.25, 0.3) is 0 Å². The van der Waals surface area contributed by atoms with Crippen LogP contribution in [0, 0.1) is 40.4 Å². The molecule has 4 rings (SSSR count). The summed E-state index contributed by atoms with van der Waals surface area (Å²) in [6.07, 6.45) is 13.9. The molecule has 0 aromatic carbocycles. The van der Waals surface area contributed by atoms with E-state index in [9.17, 15) is 9.90 Å². The maximum atomic E-state index is 12.1. The Balaban J connectivity index is 1.50. The highest BCUT2D eigenvalue weighted by molar-refractivity contribution is 5.75. The molecule has 3 saturated carbocycles. The first-order chi connectivity index (χ1) is 14.0. The SMILES string of the molecule is C[C@H](CCC(=O)N(C)C)[C@H]1CC[C@H]2[C@@H]3CC=C4C[C@](C)(O)CC[C@]4(C)[C@H]3CC[C@]12C. The van der Waals surface area contributed by atoms with Crippen LogP contribution in [0.15, 0.2) is 11.6 Å². The van der Waals surface area contributed by atoms with Crippen LogP contribution in [0.3, 0.4) is 0 Å². The number of carbonyl (C=O) groups excluding carboxylic acids is 1. The van der Waals surface area contributed by atoms with Gasteiger partial charge in [0.05, 0.1) is 5.60 Å². The average Bonchev–Trinajstić information content (AvgIpc) is 3.03. The normalized spacial score (nSPS) is 46.3. The lowest BCUT2D eigenvalue weighted by atomic mass is 9.46. The van der Waals surface area contributed by atoms with Crippen molar-refractivity contribution in [3.8, 4) is 0 Å². The molecule has 8 atom stereocenters. The Morgan fingerprint density at radius 1 is 1.13 bits per heavy atom.